The summed E-state index contributed by atoms with van der Waals surface area (Å²) in [5, 5.41) is 17.7. The summed E-state index contributed by atoms with van der Waals surface area (Å²) in [5.41, 5.74) is 1.02. The van der Waals surface area contributed by atoms with Crippen molar-refractivity contribution < 1.29 is 10.0 Å². The van der Waals surface area contributed by atoms with Gasteiger partial charge in [-0.3, -0.25) is 9.78 Å². The normalized spacial score (nSPS) is 16.0. The van der Waals surface area contributed by atoms with Gasteiger partial charge in [0.05, 0.1) is 17.5 Å². The Morgan fingerprint density at radius 2 is 2.14 bits per heavy atom. The number of pyridine rings is 1. The fraction of sp³-hybridized carbons (Fsp3) is 0.562. The van der Waals surface area contributed by atoms with E-state index in [0.717, 1.165) is 13.0 Å². The third-order valence-electron chi connectivity index (χ3n) is 3.92. The van der Waals surface area contributed by atoms with E-state index < -0.39 is 0 Å². The molecule has 0 spiro atoms. The van der Waals surface area contributed by atoms with Crippen LogP contribution in [-0.2, 0) is 0 Å². The summed E-state index contributed by atoms with van der Waals surface area (Å²) in [6.45, 7) is 1.59. The number of carbonyl (C=O) groups is 1. The predicted octanol–water partition coefficient (Wildman–Crippen LogP) is 1.93. The number of aromatic nitrogens is 1. The Bertz CT molecular complexity index is 481. The van der Waals surface area contributed by atoms with Crippen LogP contribution < -0.4 is 10.6 Å². The van der Waals surface area contributed by atoms with Gasteiger partial charge in [0, 0.05) is 18.8 Å². The summed E-state index contributed by atoms with van der Waals surface area (Å²) in [4.78, 5) is 15.9. The van der Waals surface area contributed by atoms with E-state index in [2.05, 4.69) is 20.8 Å². The minimum Gasteiger partial charge on any atom is -0.411 e. The topological polar surface area (TPSA) is 86.6 Å². The first kappa shape index (κ1) is 16.4. The van der Waals surface area contributed by atoms with Crippen LogP contribution >= 0.6 is 0 Å². The van der Waals surface area contributed by atoms with Crippen molar-refractivity contribution in [3.63, 3.8) is 0 Å². The third-order valence-corrected chi connectivity index (χ3v) is 3.92. The van der Waals surface area contributed by atoms with Crippen LogP contribution in [0.5, 0.6) is 0 Å². The largest absolute Gasteiger partial charge is 0.411 e. The molecule has 1 aromatic rings. The Hall–Kier alpha value is -1.95. The highest BCUT2D eigenvalue weighted by atomic mass is 16.4. The molecule has 0 saturated heterocycles. The van der Waals surface area contributed by atoms with Gasteiger partial charge < -0.3 is 15.8 Å². The third kappa shape index (κ3) is 5.44. The van der Waals surface area contributed by atoms with Gasteiger partial charge >= 0.3 is 0 Å². The van der Waals surface area contributed by atoms with Crippen molar-refractivity contribution in [1.82, 2.24) is 15.6 Å². The summed E-state index contributed by atoms with van der Waals surface area (Å²) in [7, 11) is 0. The molecule has 0 aromatic carbocycles. The highest BCUT2D eigenvalue weighted by Crippen LogP contribution is 2.17. The number of amides is 1. The van der Waals surface area contributed by atoms with Crippen LogP contribution in [-0.4, -0.2) is 41.4 Å². The minimum atomic E-state index is -0.127. The van der Waals surface area contributed by atoms with E-state index in [0.29, 0.717) is 23.8 Å². The maximum atomic E-state index is 11.9. The van der Waals surface area contributed by atoms with Crippen LogP contribution in [0.3, 0.4) is 0 Å². The van der Waals surface area contributed by atoms with Gasteiger partial charge in [0.2, 0.25) is 0 Å². The lowest BCUT2D eigenvalue weighted by atomic mass is 9.95. The Balaban J connectivity index is 1.62. The number of nitrogens with one attached hydrogen (secondary N) is 2. The summed E-state index contributed by atoms with van der Waals surface area (Å²) in [6.07, 6.45) is 10.2. The van der Waals surface area contributed by atoms with E-state index >= 15 is 0 Å². The van der Waals surface area contributed by atoms with Crippen molar-refractivity contribution in [1.29, 1.82) is 0 Å². The lowest BCUT2D eigenvalue weighted by molar-refractivity contribution is 0.0953. The lowest BCUT2D eigenvalue weighted by Gasteiger charge is -2.22. The summed E-state index contributed by atoms with van der Waals surface area (Å²) in [6, 6.07) is 3.97. The molecule has 0 aliphatic heterocycles. The van der Waals surface area contributed by atoms with Crippen LogP contribution in [0.2, 0.25) is 0 Å². The molecule has 1 aliphatic carbocycles. The van der Waals surface area contributed by atoms with Crippen molar-refractivity contribution in [3.8, 4) is 0 Å². The first-order valence-electron chi connectivity index (χ1n) is 7.94. The standard InChI is InChI=1S/C16H24N4O2/c21-16(13-7-8-15(12-20-22)19-11-13)18-10-4-9-17-14-5-2-1-3-6-14/h7-8,11-12,14,17,22H,1-6,9-10H2,(H,18,21)/b20-12+. The van der Waals surface area contributed by atoms with Crippen LogP contribution in [0.4, 0.5) is 0 Å². The number of hydrogen-bond donors (Lipinski definition) is 3. The Morgan fingerprint density at radius 1 is 1.32 bits per heavy atom. The molecule has 1 fully saturated rings. The zero-order chi connectivity index (χ0) is 15.6. The molecule has 6 heteroatoms. The summed E-state index contributed by atoms with van der Waals surface area (Å²) >= 11 is 0. The molecule has 0 radical (unpaired) electrons. The minimum absolute atomic E-state index is 0.127. The molecule has 0 unspecified atom stereocenters. The second-order valence-electron chi connectivity index (χ2n) is 5.61. The van der Waals surface area contributed by atoms with Crippen LogP contribution in [0.15, 0.2) is 23.5 Å². The first-order valence-corrected chi connectivity index (χ1v) is 7.94. The van der Waals surface area contributed by atoms with Crippen molar-refractivity contribution in [3.05, 3.63) is 29.6 Å². The zero-order valence-electron chi connectivity index (χ0n) is 12.8. The fourth-order valence-electron chi connectivity index (χ4n) is 2.68. The molecule has 0 atom stereocenters. The van der Waals surface area contributed by atoms with E-state index in [1.54, 1.807) is 12.1 Å². The van der Waals surface area contributed by atoms with Gasteiger partial charge in [0.15, 0.2) is 0 Å². The number of oxime groups is 1. The van der Waals surface area contributed by atoms with E-state index in [-0.39, 0.29) is 5.91 Å². The van der Waals surface area contributed by atoms with Crippen molar-refractivity contribution in [2.45, 2.75) is 44.6 Å². The predicted molar refractivity (Wildman–Crippen MR) is 85.4 cm³/mol. The molecule has 1 aromatic heterocycles. The Morgan fingerprint density at radius 3 is 2.82 bits per heavy atom. The van der Waals surface area contributed by atoms with E-state index in [1.165, 1.54) is 44.5 Å². The molecule has 2 rings (SSSR count). The number of carbonyl (C=O) groups excluding carboxylic acids is 1. The van der Waals surface area contributed by atoms with Gasteiger partial charge in [0.25, 0.3) is 5.91 Å². The van der Waals surface area contributed by atoms with Gasteiger partial charge in [-0.15, -0.1) is 0 Å². The smallest absolute Gasteiger partial charge is 0.252 e. The van der Waals surface area contributed by atoms with E-state index in [1.807, 2.05) is 0 Å². The van der Waals surface area contributed by atoms with E-state index in [9.17, 15) is 4.79 Å². The second kappa shape index (κ2) is 9.15. The maximum Gasteiger partial charge on any atom is 0.252 e. The molecule has 22 heavy (non-hydrogen) atoms. The molecular weight excluding hydrogens is 280 g/mol. The van der Waals surface area contributed by atoms with Crippen molar-refractivity contribution >= 4 is 12.1 Å². The van der Waals surface area contributed by atoms with Gasteiger partial charge in [-0.2, -0.15) is 0 Å². The molecule has 6 nitrogen and oxygen atoms in total. The molecule has 1 aliphatic rings. The molecule has 1 saturated carbocycles. The fourth-order valence-corrected chi connectivity index (χ4v) is 2.68. The monoisotopic (exact) mass is 304 g/mol. The average molecular weight is 304 g/mol. The van der Waals surface area contributed by atoms with Gasteiger partial charge in [0.1, 0.15) is 0 Å². The Labute approximate surface area is 131 Å². The average Bonchev–Trinajstić information content (AvgIpc) is 2.56. The van der Waals surface area contributed by atoms with Crippen molar-refractivity contribution in [2.75, 3.05) is 13.1 Å². The molecule has 0 bridgehead atoms. The SMILES string of the molecule is O=C(NCCCNC1CCCCC1)c1ccc(/C=N/O)nc1. The highest BCUT2D eigenvalue weighted by Gasteiger charge is 2.11. The molecule has 120 valence electrons. The summed E-state index contributed by atoms with van der Waals surface area (Å²) < 4.78 is 0. The summed E-state index contributed by atoms with van der Waals surface area (Å²) in [5.74, 6) is -0.127. The molecular formula is C16H24N4O2. The number of rotatable bonds is 7. The molecule has 3 N–H and O–H groups in total. The van der Waals surface area contributed by atoms with Crippen LogP contribution in [0.1, 0.15) is 54.6 Å². The van der Waals surface area contributed by atoms with Crippen LogP contribution in [0.25, 0.3) is 0 Å². The zero-order valence-corrected chi connectivity index (χ0v) is 12.8. The molecule has 1 amide bonds. The highest BCUT2D eigenvalue weighted by molar-refractivity contribution is 5.94. The van der Waals surface area contributed by atoms with Gasteiger partial charge in [-0.1, -0.05) is 24.4 Å². The van der Waals surface area contributed by atoms with Crippen molar-refractivity contribution in [2.24, 2.45) is 5.16 Å². The quantitative estimate of drug-likeness (QED) is 0.311. The van der Waals surface area contributed by atoms with Crippen LogP contribution in [0, 0.1) is 0 Å². The van der Waals surface area contributed by atoms with E-state index in [4.69, 9.17) is 5.21 Å². The first-order chi connectivity index (χ1) is 10.8. The second-order valence-corrected chi connectivity index (χ2v) is 5.61. The Kier molecular flexibility index (Phi) is 6.83. The maximum absolute atomic E-state index is 11.9. The van der Waals surface area contributed by atoms with Gasteiger partial charge in [-0.25, -0.2) is 0 Å². The number of hydrogen-bond acceptors (Lipinski definition) is 5. The lowest BCUT2D eigenvalue weighted by Crippen LogP contribution is -2.34. The number of nitrogens with zero attached hydrogens (tertiary/aromatic N) is 2. The molecule has 1 heterocycles. The van der Waals surface area contributed by atoms with Gasteiger partial charge in [-0.05, 0) is 37.9 Å².